The molecule has 1 aliphatic rings. The van der Waals surface area contributed by atoms with Crippen LogP contribution in [-0.2, 0) is 0 Å². The average Bonchev–Trinajstić information content (AvgIpc) is 2.64. The van der Waals surface area contributed by atoms with Crippen LogP contribution in [-0.4, -0.2) is 47.2 Å². The van der Waals surface area contributed by atoms with Crippen LogP contribution in [0, 0.1) is 0 Å². The van der Waals surface area contributed by atoms with Gasteiger partial charge < -0.3 is 14.9 Å². The molecule has 136 valence electrons. The second-order valence-corrected chi connectivity index (χ2v) is 7.58. The fourth-order valence-corrected chi connectivity index (χ4v) is 3.59. The molecule has 0 saturated carbocycles. The van der Waals surface area contributed by atoms with E-state index in [1.165, 1.54) is 0 Å². The monoisotopic (exact) mass is 453 g/mol. The fraction of sp³-hybridized carbons (Fsp3) is 0.222. The number of halogens is 2. The first kappa shape index (κ1) is 18.9. The van der Waals surface area contributed by atoms with Gasteiger partial charge in [0.15, 0.2) is 5.11 Å². The third-order valence-electron chi connectivity index (χ3n) is 4.18. The van der Waals surface area contributed by atoms with E-state index >= 15 is 0 Å². The fourth-order valence-electron chi connectivity index (χ4n) is 2.75. The lowest BCUT2D eigenvalue weighted by molar-refractivity contribution is 0.0973. The maximum Gasteiger partial charge on any atom is 0.258 e. The maximum atomic E-state index is 12.4. The number of hydrogen-bond donors (Lipinski definition) is 2. The molecule has 0 radical (unpaired) electrons. The molecule has 1 fully saturated rings. The van der Waals surface area contributed by atoms with Crippen LogP contribution < -0.4 is 10.2 Å². The number of thiocarbonyl (C=S) groups is 1. The SMILES string of the molecule is O=C(NC(=S)N1CCN(c2ccc(O)cc2)CC1)c1cc(Br)ccc1Cl. The third-order valence-corrected chi connectivity index (χ3v) is 5.36. The number of aromatic hydroxyl groups is 1. The number of nitrogens with zero attached hydrogens (tertiary/aromatic N) is 2. The van der Waals surface area contributed by atoms with Crippen LogP contribution in [0.25, 0.3) is 0 Å². The van der Waals surface area contributed by atoms with E-state index in [1.54, 1.807) is 30.3 Å². The van der Waals surface area contributed by atoms with Gasteiger partial charge in [0.2, 0.25) is 0 Å². The predicted molar refractivity (Wildman–Crippen MR) is 111 cm³/mol. The van der Waals surface area contributed by atoms with E-state index in [9.17, 15) is 9.90 Å². The third kappa shape index (κ3) is 4.47. The number of carbonyl (C=O) groups is 1. The summed E-state index contributed by atoms with van der Waals surface area (Å²) in [5, 5.41) is 12.9. The van der Waals surface area contributed by atoms with Gasteiger partial charge in [-0.1, -0.05) is 27.5 Å². The van der Waals surface area contributed by atoms with Gasteiger partial charge in [-0.15, -0.1) is 0 Å². The van der Waals surface area contributed by atoms with Crippen LogP contribution >= 0.6 is 39.7 Å². The highest BCUT2D eigenvalue weighted by Gasteiger charge is 2.21. The van der Waals surface area contributed by atoms with Crippen molar-refractivity contribution in [3.05, 3.63) is 57.5 Å². The molecule has 0 aromatic heterocycles. The van der Waals surface area contributed by atoms with E-state index in [2.05, 4.69) is 26.1 Å². The summed E-state index contributed by atoms with van der Waals surface area (Å²) in [4.78, 5) is 16.6. The van der Waals surface area contributed by atoms with Crippen LogP contribution in [0.5, 0.6) is 5.75 Å². The lowest BCUT2D eigenvalue weighted by atomic mass is 10.2. The van der Waals surface area contributed by atoms with E-state index in [0.717, 1.165) is 23.2 Å². The van der Waals surface area contributed by atoms with Crippen LogP contribution in [0.1, 0.15) is 10.4 Å². The molecule has 1 saturated heterocycles. The Bertz CT molecular complexity index is 824. The van der Waals surface area contributed by atoms with E-state index in [-0.39, 0.29) is 11.7 Å². The Morgan fingerprint density at radius 1 is 1.12 bits per heavy atom. The lowest BCUT2D eigenvalue weighted by Gasteiger charge is -2.37. The minimum Gasteiger partial charge on any atom is -0.508 e. The zero-order chi connectivity index (χ0) is 18.7. The summed E-state index contributed by atoms with van der Waals surface area (Å²) in [5.41, 5.74) is 1.43. The zero-order valence-electron chi connectivity index (χ0n) is 13.8. The van der Waals surface area contributed by atoms with Crippen molar-refractivity contribution < 1.29 is 9.90 Å². The molecular formula is C18H17BrClN3O2S. The highest BCUT2D eigenvalue weighted by atomic mass is 79.9. The summed E-state index contributed by atoms with van der Waals surface area (Å²) in [6.07, 6.45) is 0. The second kappa shape index (κ2) is 8.24. The summed E-state index contributed by atoms with van der Waals surface area (Å²) < 4.78 is 0.778. The van der Waals surface area contributed by atoms with Crippen molar-refractivity contribution in [3.8, 4) is 5.75 Å². The Morgan fingerprint density at radius 2 is 1.77 bits per heavy atom. The van der Waals surface area contributed by atoms with Gasteiger partial charge in [0, 0.05) is 36.3 Å². The smallest absolute Gasteiger partial charge is 0.258 e. The molecule has 0 atom stereocenters. The van der Waals surface area contributed by atoms with E-state index in [4.69, 9.17) is 23.8 Å². The number of benzene rings is 2. The number of carbonyl (C=O) groups excluding carboxylic acids is 1. The molecule has 26 heavy (non-hydrogen) atoms. The molecule has 0 aliphatic carbocycles. The van der Waals surface area contributed by atoms with E-state index in [0.29, 0.717) is 28.8 Å². The Labute approximate surface area is 170 Å². The number of nitrogens with one attached hydrogen (secondary N) is 1. The first-order valence-corrected chi connectivity index (χ1v) is 9.61. The van der Waals surface area contributed by atoms with E-state index in [1.807, 2.05) is 17.0 Å². The second-order valence-electron chi connectivity index (χ2n) is 5.87. The van der Waals surface area contributed by atoms with Crippen molar-refractivity contribution >= 4 is 56.5 Å². The highest BCUT2D eigenvalue weighted by Crippen LogP contribution is 2.22. The molecule has 0 spiro atoms. The van der Waals surface area contributed by atoms with Crippen molar-refractivity contribution in [3.63, 3.8) is 0 Å². The molecule has 0 unspecified atom stereocenters. The minimum absolute atomic E-state index is 0.252. The molecular weight excluding hydrogens is 438 g/mol. The standard InChI is InChI=1S/C18H17BrClN3O2S/c19-12-1-6-16(20)15(11-12)17(25)21-18(26)23-9-7-22(8-10-23)13-2-4-14(24)5-3-13/h1-6,11,24H,7-10H2,(H,21,25,26). The average molecular weight is 455 g/mol. The van der Waals surface area contributed by atoms with Gasteiger partial charge >= 0.3 is 0 Å². The van der Waals surface area contributed by atoms with Crippen molar-refractivity contribution in [2.75, 3.05) is 31.1 Å². The molecule has 0 bridgehead atoms. The van der Waals surface area contributed by atoms with Gasteiger partial charge in [-0.05, 0) is 54.7 Å². The predicted octanol–water partition coefficient (Wildman–Crippen LogP) is 3.65. The molecule has 1 amide bonds. The lowest BCUT2D eigenvalue weighted by Crippen LogP contribution is -2.52. The number of phenolic OH excluding ortho intramolecular Hbond substituents is 1. The summed E-state index contributed by atoms with van der Waals surface area (Å²) in [7, 11) is 0. The Hall–Kier alpha value is -1.83. The van der Waals surface area contributed by atoms with Gasteiger partial charge in [-0.2, -0.15) is 0 Å². The topological polar surface area (TPSA) is 55.8 Å². The van der Waals surface area contributed by atoms with Crippen LogP contribution in [0.15, 0.2) is 46.9 Å². The number of amides is 1. The minimum atomic E-state index is -0.317. The van der Waals surface area contributed by atoms with Crippen molar-refractivity contribution in [1.29, 1.82) is 0 Å². The number of anilines is 1. The first-order chi connectivity index (χ1) is 12.4. The number of hydrogen-bond acceptors (Lipinski definition) is 4. The summed E-state index contributed by atoms with van der Waals surface area (Å²) in [6, 6.07) is 12.2. The summed E-state index contributed by atoms with van der Waals surface area (Å²) >= 11 is 14.8. The van der Waals surface area contributed by atoms with Gasteiger partial charge in [0.1, 0.15) is 5.75 Å². The molecule has 2 N–H and O–H groups in total. The summed E-state index contributed by atoms with van der Waals surface area (Å²) in [6.45, 7) is 2.95. The Morgan fingerprint density at radius 3 is 2.42 bits per heavy atom. The van der Waals surface area contributed by atoms with Crippen LogP contribution in [0.4, 0.5) is 5.69 Å². The quantitative estimate of drug-likeness (QED) is 0.679. The van der Waals surface area contributed by atoms with Crippen LogP contribution in [0.2, 0.25) is 5.02 Å². The molecule has 5 nitrogen and oxygen atoms in total. The maximum absolute atomic E-state index is 12.4. The number of rotatable bonds is 2. The van der Waals surface area contributed by atoms with Crippen molar-refractivity contribution in [2.45, 2.75) is 0 Å². The van der Waals surface area contributed by atoms with Gasteiger partial charge in [0.05, 0.1) is 10.6 Å². The molecule has 2 aromatic rings. The normalized spacial score (nSPS) is 14.2. The molecule has 1 heterocycles. The Balaban J connectivity index is 1.57. The molecule has 3 rings (SSSR count). The number of piperazine rings is 1. The Kier molecular flexibility index (Phi) is 6.01. The molecule has 8 heteroatoms. The van der Waals surface area contributed by atoms with Crippen molar-refractivity contribution in [2.24, 2.45) is 0 Å². The molecule has 1 aliphatic heterocycles. The van der Waals surface area contributed by atoms with Crippen molar-refractivity contribution in [1.82, 2.24) is 10.2 Å². The number of phenols is 1. The van der Waals surface area contributed by atoms with E-state index < -0.39 is 0 Å². The highest BCUT2D eigenvalue weighted by molar-refractivity contribution is 9.10. The summed E-state index contributed by atoms with van der Waals surface area (Å²) in [5.74, 6) is -0.0650. The largest absolute Gasteiger partial charge is 0.508 e. The van der Waals surface area contributed by atoms with Gasteiger partial charge in [0.25, 0.3) is 5.91 Å². The van der Waals surface area contributed by atoms with Gasteiger partial charge in [-0.25, -0.2) is 0 Å². The van der Waals surface area contributed by atoms with Gasteiger partial charge in [-0.3, -0.25) is 10.1 Å². The zero-order valence-corrected chi connectivity index (χ0v) is 16.9. The van der Waals surface area contributed by atoms with Crippen LogP contribution in [0.3, 0.4) is 0 Å². The first-order valence-electron chi connectivity index (χ1n) is 8.03. The molecule has 2 aromatic carbocycles.